The van der Waals surface area contributed by atoms with Gasteiger partial charge in [-0.15, -0.1) is 0 Å². The molecule has 2 aliphatic rings. The monoisotopic (exact) mass is 535 g/mol. The third-order valence-corrected chi connectivity index (χ3v) is 8.61. The lowest BCUT2D eigenvalue weighted by Crippen LogP contribution is -2.51. The number of rotatable bonds is 7. The molecule has 0 spiro atoms. The fourth-order valence-corrected chi connectivity index (χ4v) is 6.15. The van der Waals surface area contributed by atoms with Crippen LogP contribution in [-0.4, -0.2) is 69.8 Å². The van der Waals surface area contributed by atoms with E-state index in [0.29, 0.717) is 29.6 Å². The van der Waals surface area contributed by atoms with Crippen LogP contribution in [0.2, 0.25) is 5.02 Å². The molecule has 2 aromatic heterocycles. The van der Waals surface area contributed by atoms with Crippen molar-refractivity contribution in [1.29, 1.82) is 0 Å². The molecule has 38 heavy (non-hydrogen) atoms. The summed E-state index contributed by atoms with van der Waals surface area (Å²) in [7, 11) is 0. The van der Waals surface area contributed by atoms with Crippen LogP contribution >= 0.6 is 11.6 Å². The van der Waals surface area contributed by atoms with Crippen LogP contribution in [-0.2, 0) is 16.6 Å². The zero-order valence-corrected chi connectivity index (χ0v) is 23.2. The van der Waals surface area contributed by atoms with Crippen molar-refractivity contribution in [3.63, 3.8) is 0 Å². The number of amides is 2. The van der Waals surface area contributed by atoms with Crippen molar-refractivity contribution in [3.8, 4) is 0 Å². The first-order valence-electron chi connectivity index (χ1n) is 13.9. The molecule has 2 amide bonds. The van der Waals surface area contributed by atoms with Crippen LogP contribution < -0.4 is 5.32 Å². The van der Waals surface area contributed by atoms with E-state index in [0.717, 1.165) is 56.9 Å². The molecule has 8 heteroatoms. The number of halogens is 1. The Morgan fingerprint density at radius 3 is 2.39 bits per heavy atom. The molecule has 0 atom stereocenters. The fraction of sp³-hybridized carbons (Fsp3) is 0.500. The summed E-state index contributed by atoms with van der Waals surface area (Å²) in [6, 6.07) is 14.1. The molecule has 202 valence electrons. The zero-order chi connectivity index (χ0) is 26.7. The maximum Gasteiger partial charge on any atom is 0.268 e. The number of nitrogens with zero attached hydrogens (tertiary/aromatic N) is 4. The normalized spacial score (nSPS) is 18.2. The van der Waals surface area contributed by atoms with Gasteiger partial charge in [0.25, 0.3) is 5.91 Å². The predicted octanol–water partition coefficient (Wildman–Crippen LogP) is 4.71. The van der Waals surface area contributed by atoms with Gasteiger partial charge in [-0.3, -0.25) is 18.9 Å². The van der Waals surface area contributed by atoms with Gasteiger partial charge in [0.2, 0.25) is 5.91 Å². The molecule has 5 rings (SSSR count). The third kappa shape index (κ3) is 5.74. The van der Waals surface area contributed by atoms with E-state index in [9.17, 15) is 9.59 Å². The zero-order valence-electron chi connectivity index (χ0n) is 22.5. The Morgan fingerprint density at radius 1 is 1.00 bits per heavy atom. The van der Waals surface area contributed by atoms with Crippen LogP contribution in [0.3, 0.4) is 0 Å². The SMILES string of the molecule is CC(C)N1CCN(C(=O)Cc2cn3c(C(=O)NCC4(c5ccc(Cl)cc5)CCCCC4)cccc3n2)CC1. The number of nitrogens with one attached hydrogen (secondary N) is 1. The molecule has 0 bridgehead atoms. The van der Waals surface area contributed by atoms with Crippen molar-refractivity contribution in [3.05, 3.63) is 70.6 Å². The Labute approximate surface area is 230 Å². The molecule has 3 aromatic rings. The highest BCUT2D eigenvalue weighted by Gasteiger charge is 2.34. The molecule has 1 aliphatic carbocycles. The average Bonchev–Trinajstić information content (AvgIpc) is 3.35. The summed E-state index contributed by atoms with van der Waals surface area (Å²) >= 11 is 6.15. The lowest BCUT2D eigenvalue weighted by Gasteiger charge is -2.38. The minimum Gasteiger partial charge on any atom is -0.350 e. The van der Waals surface area contributed by atoms with Gasteiger partial charge in [-0.25, -0.2) is 4.98 Å². The minimum absolute atomic E-state index is 0.0848. The highest BCUT2D eigenvalue weighted by atomic mass is 35.5. The Hall–Kier alpha value is -2.90. The molecular weight excluding hydrogens is 498 g/mol. The number of carbonyl (C=O) groups is 2. The number of pyridine rings is 1. The molecular formula is C30H38ClN5O2. The number of imidazole rings is 1. The van der Waals surface area contributed by atoms with Gasteiger partial charge in [0.05, 0.1) is 12.1 Å². The van der Waals surface area contributed by atoms with Gasteiger partial charge in [-0.2, -0.15) is 0 Å². The topological polar surface area (TPSA) is 70.0 Å². The van der Waals surface area contributed by atoms with Gasteiger partial charge < -0.3 is 10.2 Å². The summed E-state index contributed by atoms with van der Waals surface area (Å²) in [6.07, 6.45) is 7.70. The standard InChI is InChI=1S/C30H38ClN5O2/c1-22(2)34-15-17-35(18-16-34)28(37)19-25-20-36-26(7-6-8-27(36)33-25)29(38)32-21-30(13-4-3-5-14-30)23-9-11-24(31)12-10-23/h6-12,20,22H,3-5,13-19,21H2,1-2H3,(H,32,38). The van der Waals surface area contributed by atoms with Crippen LogP contribution in [0.1, 0.15) is 67.7 Å². The van der Waals surface area contributed by atoms with Gasteiger partial charge in [0.15, 0.2) is 0 Å². The predicted molar refractivity (Wildman–Crippen MR) is 151 cm³/mol. The van der Waals surface area contributed by atoms with Crippen LogP contribution in [0, 0.1) is 0 Å². The third-order valence-electron chi connectivity index (χ3n) is 8.36. The first kappa shape index (κ1) is 26.7. The average molecular weight is 536 g/mol. The van der Waals surface area contributed by atoms with E-state index in [1.54, 1.807) is 0 Å². The fourth-order valence-electron chi connectivity index (χ4n) is 6.03. The largest absolute Gasteiger partial charge is 0.350 e. The van der Waals surface area contributed by atoms with Gasteiger partial charge in [0.1, 0.15) is 11.3 Å². The number of hydrogen-bond acceptors (Lipinski definition) is 4. The summed E-state index contributed by atoms with van der Waals surface area (Å²) in [4.78, 5) is 35.4. The molecule has 7 nitrogen and oxygen atoms in total. The molecule has 1 saturated heterocycles. The smallest absolute Gasteiger partial charge is 0.268 e. The number of fused-ring (bicyclic) bond motifs is 1. The second-order valence-electron chi connectivity index (χ2n) is 11.1. The van der Waals surface area contributed by atoms with Crippen LogP contribution in [0.5, 0.6) is 0 Å². The molecule has 2 fully saturated rings. The Morgan fingerprint density at radius 2 is 1.71 bits per heavy atom. The van der Waals surface area contributed by atoms with Crippen molar-refractivity contribution in [1.82, 2.24) is 24.5 Å². The lowest BCUT2D eigenvalue weighted by atomic mass is 9.69. The summed E-state index contributed by atoms with van der Waals surface area (Å²) in [5, 5.41) is 3.95. The number of piperazine rings is 1. The van der Waals surface area contributed by atoms with E-state index in [4.69, 9.17) is 11.6 Å². The molecule has 1 aliphatic heterocycles. The number of aromatic nitrogens is 2. The second-order valence-corrected chi connectivity index (χ2v) is 11.5. The first-order valence-corrected chi connectivity index (χ1v) is 14.3. The molecule has 3 heterocycles. The van der Waals surface area contributed by atoms with Gasteiger partial charge in [-0.1, -0.05) is 49.1 Å². The number of carbonyl (C=O) groups excluding carboxylic acids is 2. The van der Waals surface area contributed by atoms with Gasteiger partial charge >= 0.3 is 0 Å². The van der Waals surface area contributed by atoms with Crippen molar-refractivity contribution in [2.45, 2.75) is 63.8 Å². The molecule has 1 aromatic carbocycles. The van der Waals surface area contributed by atoms with Gasteiger partial charge in [0, 0.05) is 55.4 Å². The molecule has 0 unspecified atom stereocenters. The van der Waals surface area contributed by atoms with E-state index >= 15 is 0 Å². The molecule has 1 saturated carbocycles. The molecule has 1 N–H and O–H groups in total. The van der Waals surface area contributed by atoms with E-state index in [1.165, 1.54) is 12.0 Å². The maximum absolute atomic E-state index is 13.4. The number of benzene rings is 1. The van der Waals surface area contributed by atoms with Crippen LogP contribution in [0.25, 0.3) is 5.65 Å². The Kier molecular flexibility index (Phi) is 8.05. The quantitative estimate of drug-likeness (QED) is 0.475. The van der Waals surface area contributed by atoms with Crippen molar-refractivity contribution in [2.24, 2.45) is 0 Å². The van der Waals surface area contributed by atoms with Crippen molar-refractivity contribution in [2.75, 3.05) is 32.7 Å². The first-order chi connectivity index (χ1) is 18.3. The maximum atomic E-state index is 13.4. The summed E-state index contributed by atoms with van der Waals surface area (Å²) in [6.45, 7) is 8.24. The molecule has 0 radical (unpaired) electrons. The lowest BCUT2D eigenvalue weighted by molar-refractivity contribution is -0.132. The second kappa shape index (κ2) is 11.5. The Bertz CT molecular complexity index is 1270. The van der Waals surface area contributed by atoms with Crippen LogP contribution in [0.4, 0.5) is 0 Å². The Balaban J connectivity index is 1.28. The van der Waals surface area contributed by atoms with Crippen LogP contribution in [0.15, 0.2) is 48.7 Å². The minimum atomic E-state index is -0.130. The summed E-state index contributed by atoms with van der Waals surface area (Å²) in [5.41, 5.74) is 3.04. The van der Waals surface area contributed by atoms with Crippen molar-refractivity contribution < 1.29 is 9.59 Å². The highest BCUT2D eigenvalue weighted by molar-refractivity contribution is 6.30. The highest BCUT2D eigenvalue weighted by Crippen LogP contribution is 2.39. The summed E-state index contributed by atoms with van der Waals surface area (Å²) < 4.78 is 1.81. The van der Waals surface area contributed by atoms with E-state index < -0.39 is 0 Å². The van der Waals surface area contributed by atoms with E-state index in [2.05, 4.69) is 41.2 Å². The van der Waals surface area contributed by atoms with E-state index in [-0.39, 0.29) is 23.7 Å². The summed E-state index contributed by atoms with van der Waals surface area (Å²) in [5.74, 6) is -0.0420. The van der Waals surface area contributed by atoms with E-state index in [1.807, 2.05) is 45.8 Å². The van der Waals surface area contributed by atoms with Gasteiger partial charge in [-0.05, 0) is 56.5 Å². The van der Waals surface area contributed by atoms with Crippen molar-refractivity contribution >= 4 is 29.1 Å². The number of hydrogen-bond donors (Lipinski definition) is 1.